The van der Waals surface area contributed by atoms with Gasteiger partial charge in [-0.05, 0) is 24.3 Å². The summed E-state index contributed by atoms with van der Waals surface area (Å²) in [6.45, 7) is 0.854. The maximum absolute atomic E-state index is 9.33. The van der Waals surface area contributed by atoms with Crippen LogP contribution >= 0.6 is 19.4 Å². The Bertz CT molecular complexity index is 450. The van der Waals surface area contributed by atoms with Crippen molar-refractivity contribution in [3.05, 3.63) is 60.7 Å². The Morgan fingerprint density at radius 2 is 1.11 bits per heavy atom. The zero-order chi connectivity index (χ0) is 13.4. The summed E-state index contributed by atoms with van der Waals surface area (Å²) in [4.78, 5) is 17.8. The molecule has 0 amide bonds. The molecule has 2 N–H and O–H groups in total. The van der Waals surface area contributed by atoms with Gasteiger partial charge in [0.1, 0.15) is 0 Å². The minimum atomic E-state index is -3.64. The molecule has 2 aromatic carbocycles. The lowest BCUT2D eigenvalue weighted by Crippen LogP contribution is -1.70. The zero-order valence-corrected chi connectivity index (χ0v) is 11.6. The molecule has 5 heteroatoms. The Morgan fingerprint density at radius 3 is 1.39 bits per heavy atom. The maximum atomic E-state index is 9.33. The van der Waals surface area contributed by atoms with Gasteiger partial charge in [-0.2, -0.15) is 0 Å². The highest BCUT2D eigenvalue weighted by atomic mass is 32.2. The van der Waals surface area contributed by atoms with Gasteiger partial charge in [0, 0.05) is 16.5 Å². The average Bonchev–Trinajstić information content (AvgIpc) is 2.29. The van der Waals surface area contributed by atoms with Crippen molar-refractivity contribution < 1.29 is 14.4 Å². The van der Waals surface area contributed by atoms with E-state index in [0.717, 1.165) is 6.66 Å². The normalized spacial score (nSPS) is 10.4. The molecule has 0 saturated carbocycles. The molecule has 0 atom stereocenters. The smallest absolute Gasteiger partial charge is 0.322 e. The number of rotatable bonds is 2. The van der Waals surface area contributed by atoms with E-state index in [1.165, 1.54) is 9.79 Å². The molecule has 0 radical (unpaired) electrons. The van der Waals surface area contributed by atoms with Crippen LogP contribution in [0.3, 0.4) is 0 Å². The summed E-state index contributed by atoms with van der Waals surface area (Å²) in [6, 6.07) is 20.8. The molecule has 0 aromatic heterocycles. The zero-order valence-electron chi connectivity index (χ0n) is 9.93. The van der Waals surface area contributed by atoms with Crippen molar-refractivity contribution in [3.8, 4) is 0 Å². The molecule has 0 fully saturated rings. The monoisotopic (exact) mass is 282 g/mol. The minimum absolute atomic E-state index is 0.854. The van der Waals surface area contributed by atoms with Gasteiger partial charge in [0.25, 0.3) is 0 Å². The van der Waals surface area contributed by atoms with E-state index in [0.29, 0.717) is 0 Å². The molecule has 0 unspecified atom stereocenters. The molecule has 18 heavy (non-hydrogen) atoms. The van der Waals surface area contributed by atoms with Crippen molar-refractivity contribution in [3.63, 3.8) is 0 Å². The highest BCUT2D eigenvalue weighted by Gasteiger charge is 1.95. The van der Waals surface area contributed by atoms with Gasteiger partial charge in [-0.3, -0.25) is 4.57 Å². The van der Waals surface area contributed by atoms with Gasteiger partial charge in [0.15, 0.2) is 0 Å². The van der Waals surface area contributed by atoms with Crippen molar-refractivity contribution in [2.75, 3.05) is 6.66 Å². The second kappa shape index (κ2) is 7.39. The largest absolute Gasteiger partial charge is 0.325 e. The van der Waals surface area contributed by atoms with E-state index in [-0.39, 0.29) is 0 Å². The summed E-state index contributed by atoms with van der Waals surface area (Å²) in [7, 11) is -3.64. The first-order valence-corrected chi connectivity index (χ1v) is 8.14. The van der Waals surface area contributed by atoms with Crippen LogP contribution < -0.4 is 0 Å². The van der Waals surface area contributed by atoms with Crippen LogP contribution in [-0.2, 0) is 4.57 Å². The van der Waals surface area contributed by atoms with Crippen LogP contribution in [0.4, 0.5) is 0 Å². The molecular weight excluding hydrogens is 267 g/mol. The third-order valence-electron chi connectivity index (χ3n) is 1.72. The second-order valence-electron chi connectivity index (χ2n) is 3.56. The fraction of sp³-hybridized carbons (Fsp3) is 0.0769. The van der Waals surface area contributed by atoms with E-state index in [9.17, 15) is 4.57 Å². The lowest BCUT2D eigenvalue weighted by atomic mass is 10.4. The highest BCUT2D eigenvalue weighted by molar-refractivity contribution is 7.99. The molecule has 0 aliphatic carbocycles. The molecular formula is C13H15O3PS. The Kier molecular flexibility index (Phi) is 6.16. The van der Waals surface area contributed by atoms with Crippen LogP contribution in [-0.4, -0.2) is 16.5 Å². The third-order valence-corrected chi connectivity index (χ3v) is 2.74. The highest BCUT2D eigenvalue weighted by Crippen LogP contribution is 2.27. The fourth-order valence-electron chi connectivity index (χ4n) is 1.11. The maximum Gasteiger partial charge on any atom is 0.322 e. The van der Waals surface area contributed by atoms with Crippen LogP contribution in [0.5, 0.6) is 0 Å². The van der Waals surface area contributed by atoms with Gasteiger partial charge in [-0.1, -0.05) is 48.2 Å². The van der Waals surface area contributed by atoms with Crippen LogP contribution in [0.15, 0.2) is 70.5 Å². The van der Waals surface area contributed by atoms with Crippen molar-refractivity contribution in [1.29, 1.82) is 0 Å². The Balaban J connectivity index is 0.000000280. The molecule has 96 valence electrons. The Hall–Kier alpha value is -1.06. The van der Waals surface area contributed by atoms with E-state index in [2.05, 4.69) is 48.5 Å². The molecule has 2 aromatic rings. The summed E-state index contributed by atoms with van der Waals surface area (Å²) in [5.74, 6) is 0. The van der Waals surface area contributed by atoms with Crippen LogP contribution in [0.25, 0.3) is 0 Å². The molecule has 0 bridgehead atoms. The quantitative estimate of drug-likeness (QED) is 0.826. The van der Waals surface area contributed by atoms with Gasteiger partial charge >= 0.3 is 7.60 Å². The number of hydrogen-bond acceptors (Lipinski definition) is 2. The molecule has 3 nitrogen and oxygen atoms in total. The first-order valence-electron chi connectivity index (χ1n) is 5.26. The summed E-state index contributed by atoms with van der Waals surface area (Å²) in [5, 5.41) is 0. The SMILES string of the molecule is CP(=O)(O)O.c1ccc(Sc2ccccc2)cc1. The average molecular weight is 282 g/mol. The van der Waals surface area contributed by atoms with Crippen molar-refractivity contribution in [1.82, 2.24) is 0 Å². The molecule has 2 rings (SSSR count). The topological polar surface area (TPSA) is 57.5 Å². The van der Waals surface area contributed by atoms with Gasteiger partial charge < -0.3 is 9.79 Å². The summed E-state index contributed by atoms with van der Waals surface area (Å²) in [6.07, 6.45) is 0. The predicted molar refractivity (Wildman–Crippen MR) is 75.0 cm³/mol. The van der Waals surface area contributed by atoms with Gasteiger partial charge in [0.2, 0.25) is 0 Å². The lowest BCUT2D eigenvalue weighted by Gasteiger charge is -1.99. The van der Waals surface area contributed by atoms with Gasteiger partial charge in [0.05, 0.1) is 0 Å². The third kappa shape index (κ3) is 8.09. The molecule has 0 spiro atoms. The summed E-state index contributed by atoms with van der Waals surface area (Å²) < 4.78 is 9.33. The van der Waals surface area contributed by atoms with E-state index in [1.54, 1.807) is 11.8 Å². The Morgan fingerprint density at radius 1 is 0.833 bits per heavy atom. The van der Waals surface area contributed by atoms with Gasteiger partial charge in [-0.25, -0.2) is 0 Å². The summed E-state index contributed by atoms with van der Waals surface area (Å²) in [5.41, 5.74) is 0. The van der Waals surface area contributed by atoms with Crippen molar-refractivity contribution in [2.24, 2.45) is 0 Å². The van der Waals surface area contributed by atoms with E-state index < -0.39 is 7.60 Å². The molecule has 0 aliphatic rings. The first-order chi connectivity index (χ1) is 8.45. The van der Waals surface area contributed by atoms with Crippen molar-refractivity contribution >= 4 is 19.4 Å². The standard InChI is InChI=1S/C12H10S.CH5O3P/c1-3-7-11(8-4-1)13-12-9-5-2-6-10-12;1-5(2,3)4/h1-10H;1H3,(H2,2,3,4). The van der Waals surface area contributed by atoms with Crippen LogP contribution in [0.1, 0.15) is 0 Å². The minimum Gasteiger partial charge on any atom is -0.325 e. The summed E-state index contributed by atoms with van der Waals surface area (Å²) >= 11 is 1.79. The Labute approximate surface area is 111 Å². The van der Waals surface area contributed by atoms with E-state index in [1.807, 2.05) is 12.1 Å². The van der Waals surface area contributed by atoms with Crippen LogP contribution in [0.2, 0.25) is 0 Å². The first kappa shape index (κ1) is 15.0. The number of benzene rings is 2. The fourth-order valence-corrected chi connectivity index (χ4v) is 1.97. The molecule has 0 saturated heterocycles. The predicted octanol–water partition coefficient (Wildman–Crippen LogP) is 3.63. The lowest BCUT2D eigenvalue weighted by molar-refractivity contribution is 0.381. The van der Waals surface area contributed by atoms with Gasteiger partial charge in [-0.15, -0.1) is 0 Å². The van der Waals surface area contributed by atoms with E-state index in [4.69, 9.17) is 9.79 Å². The van der Waals surface area contributed by atoms with E-state index >= 15 is 0 Å². The number of hydrogen-bond donors (Lipinski definition) is 2. The molecule has 0 heterocycles. The molecule has 0 aliphatic heterocycles. The van der Waals surface area contributed by atoms with Crippen LogP contribution in [0, 0.1) is 0 Å². The van der Waals surface area contributed by atoms with Crippen molar-refractivity contribution in [2.45, 2.75) is 9.79 Å². The second-order valence-corrected chi connectivity index (χ2v) is 6.38.